The molecule has 28 heavy (non-hydrogen) atoms. The van der Waals surface area contributed by atoms with E-state index in [0.717, 1.165) is 13.1 Å². The van der Waals surface area contributed by atoms with Crippen molar-refractivity contribution in [2.75, 3.05) is 33.2 Å². The van der Waals surface area contributed by atoms with Crippen LogP contribution >= 0.6 is 11.3 Å². The number of thiophene rings is 1. The van der Waals surface area contributed by atoms with Crippen molar-refractivity contribution < 1.29 is 19.4 Å². The molecule has 2 aromatic rings. The lowest BCUT2D eigenvalue weighted by Crippen LogP contribution is -3.12. The summed E-state index contributed by atoms with van der Waals surface area (Å²) in [6.45, 7) is 2.83. The smallest absolute Gasteiger partial charge is 0.270 e. The van der Waals surface area contributed by atoms with E-state index in [-0.39, 0.29) is 23.2 Å². The van der Waals surface area contributed by atoms with Crippen molar-refractivity contribution in [1.29, 1.82) is 0 Å². The number of likely N-dealkylation sites (N-methyl/N-ethyl adjacent to an activating group) is 1. The second kappa shape index (κ2) is 8.77. The molecule has 146 valence electrons. The summed E-state index contributed by atoms with van der Waals surface area (Å²) in [4.78, 5) is 39.6. The summed E-state index contributed by atoms with van der Waals surface area (Å²) in [7, 11) is 2.07. The topological polar surface area (TPSA) is 97.0 Å². The maximum absolute atomic E-state index is 13.0. The molecule has 0 atom stereocenters. The van der Waals surface area contributed by atoms with Crippen LogP contribution < -0.4 is 10.2 Å². The van der Waals surface area contributed by atoms with E-state index in [0.29, 0.717) is 23.5 Å². The Kier molecular flexibility index (Phi) is 6.17. The van der Waals surface area contributed by atoms with Crippen molar-refractivity contribution in [3.63, 3.8) is 0 Å². The maximum Gasteiger partial charge on any atom is 0.270 e. The number of nitrogens with zero attached hydrogens (tertiary/aromatic N) is 2. The molecule has 1 aromatic carbocycles. The van der Waals surface area contributed by atoms with Crippen molar-refractivity contribution >= 4 is 34.9 Å². The number of nitro benzene ring substituents is 1. The molecule has 0 spiro atoms. The van der Waals surface area contributed by atoms with Gasteiger partial charge in [0.25, 0.3) is 17.5 Å². The van der Waals surface area contributed by atoms with Crippen molar-refractivity contribution in [1.82, 2.24) is 10.2 Å². The second-order valence-corrected chi connectivity index (χ2v) is 7.54. The maximum atomic E-state index is 13.0. The average molecular weight is 401 g/mol. The fraction of sp³-hybridized carbons (Fsp3) is 0.263. The fourth-order valence-electron chi connectivity index (χ4n) is 2.90. The van der Waals surface area contributed by atoms with E-state index in [4.69, 9.17) is 0 Å². The van der Waals surface area contributed by atoms with E-state index >= 15 is 0 Å². The van der Waals surface area contributed by atoms with Crippen LogP contribution in [-0.2, 0) is 4.79 Å². The standard InChI is InChI=1S/C19H20N4O4S/c1-21-7-9-22(10-8-21)19(25)16(20-18(24)17-6-3-11-28-17)13-14-4-2-5-15(12-14)23(26)27/h2-6,11-13H,7-10H2,1H3,(H,20,24)/p+1/b16-13-. The molecule has 2 N–H and O–H groups in total. The van der Waals surface area contributed by atoms with Crippen molar-refractivity contribution in [2.24, 2.45) is 0 Å². The molecular weight excluding hydrogens is 380 g/mol. The van der Waals surface area contributed by atoms with E-state index in [1.807, 2.05) is 0 Å². The first-order chi connectivity index (χ1) is 13.4. The van der Waals surface area contributed by atoms with Gasteiger partial charge in [-0.1, -0.05) is 18.2 Å². The largest absolute Gasteiger partial charge is 0.334 e. The molecule has 2 heterocycles. The van der Waals surface area contributed by atoms with Gasteiger partial charge in [0.15, 0.2) is 0 Å². The van der Waals surface area contributed by atoms with Gasteiger partial charge >= 0.3 is 0 Å². The number of non-ortho nitro benzene ring substituents is 1. The Balaban J connectivity index is 1.89. The van der Waals surface area contributed by atoms with Gasteiger partial charge < -0.3 is 15.1 Å². The number of rotatable bonds is 5. The van der Waals surface area contributed by atoms with E-state index < -0.39 is 4.92 Å². The molecule has 1 fully saturated rings. The number of hydrogen-bond acceptors (Lipinski definition) is 5. The molecule has 9 heteroatoms. The van der Waals surface area contributed by atoms with E-state index in [1.165, 1.54) is 34.4 Å². The van der Waals surface area contributed by atoms with Gasteiger partial charge in [-0.2, -0.15) is 0 Å². The third kappa shape index (κ3) is 4.81. The van der Waals surface area contributed by atoms with Crippen LogP contribution in [-0.4, -0.2) is 54.9 Å². The molecule has 0 aliphatic carbocycles. The lowest BCUT2D eigenvalue weighted by atomic mass is 10.1. The highest BCUT2D eigenvalue weighted by atomic mass is 32.1. The first-order valence-corrected chi connectivity index (χ1v) is 9.73. The predicted octanol–water partition coefficient (Wildman–Crippen LogP) is 0.784. The molecule has 1 aliphatic heterocycles. The zero-order chi connectivity index (χ0) is 20.1. The van der Waals surface area contributed by atoms with Crippen LogP contribution in [0.1, 0.15) is 15.2 Å². The van der Waals surface area contributed by atoms with E-state index in [2.05, 4.69) is 12.4 Å². The van der Waals surface area contributed by atoms with Crippen molar-refractivity contribution in [2.45, 2.75) is 0 Å². The predicted molar refractivity (Wildman–Crippen MR) is 106 cm³/mol. The van der Waals surface area contributed by atoms with Crippen molar-refractivity contribution in [3.8, 4) is 0 Å². The Morgan fingerprint density at radius 2 is 2.00 bits per heavy atom. The zero-order valence-electron chi connectivity index (χ0n) is 15.4. The Bertz CT molecular complexity index is 902. The molecule has 3 rings (SSSR count). The molecule has 0 saturated carbocycles. The molecular formula is C19H21N4O4S+. The van der Waals surface area contributed by atoms with Crippen LogP contribution in [0.4, 0.5) is 5.69 Å². The van der Waals surface area contributed by atoms with E-state index in [9.17, 15) is 19.7 Å². The Morgan fingerprint density at radius 3 is 2.64 bits per heavy atom. The number of amides is 2. The van der Waals surface area contributed by atoms with Crippen LogP contribution in [0.25, 0.3) is 6.08 Å². The van der Waals surface area contributed by atoms with Crippen LogP contribution in [0.3, 0.4) is 0 Å². The van der Waals surface area contributed by atoms with Gasteiger partial charge in [-0.25, -0.2) is 0 Å². The summed E-state index contributed by atoms with van der Waals surface area (Å²) < 4.78 is 0. The number of nitro groups is 1. The molecule has 1 aliphatic rings. The number of hydrogen-bond donors (Lipinski definition) is 2. The fourth-order valence-corrected chi connectivity index (χ4v) is 3.52. The second-order valence-electron chi connectivity index (χ2n) is 6.59. The van der Waals surface area contributed by atoms with Gasteiger partial charge in [0.2, 0.25) is 0 Å². The number of nitrogens with one attached hydrogen (secondary N) is 2. The summed E-state index contributed by atoms with van der Waals surface area (Å²) in [6.07, 6.45) is 1.49. The summed E-state index contributed by atoms with van der Waals surface area (Å²) in [5.74, 6) is -0.663. The van der Waals surface area contributed by atoms with Gasteiger partial charge in [-0.3, -0.25) is 19.7 Å². The minimum Gasteiger partial charge on any atom is -0.334 e. The van der Waals surface area contributed by atoms with E-state index in [1.54, 1.807) is 34.5 Å². The number of carbonyl (C=O) groups excluding carboxylic acids is 2. The molecule has 1 aromatic heterocycles. The third-order valence-corrected chi connectivity index (χ3v) is 5.39. The number of quaternary nitrogens is 1. The van der Waals surface area contributed by atoms with Crippen LogP contribution in [0, 0.1) is 10.1 Å². The lowest BCUT2D eigenvalue weighted by Gasteiger charge is -2.30. The van der Waals surface area contributed by atoms with Crippen LogP contribution in [0.2, 0.25) is 0 Å². The summed E-state index contributed by atoms with van der Waals surface area (Å²) in [5, 5.41) is 15.5. The Labute approximate surface area is 166 Å². The summed E-state index contributed by atoms with van der Waals surface area (Å²) >= 11 is 1.28. The third-order valence-electron chi connectivity index (χ3n) is 4.52. The van der Waals surface area contributed by atoms with Crippen LogP contribution in [0.15, 0.2) is 47.5 Å². The molecule has 0 unspecified atom stereocenters. The van der Waals surface area contributed by atoms with Gasteiger partial charge in [-0.15, -0.1) is 11.3 Å². The Morgan fingerprint density at radius 1 is 1.25 bits per heavy atom. The molecule has 8 nitrogen and oxygen atoms in total. The molecule has 0 radical (unpaired) electrons. The highest BCUT2D eigenvalue weighted by Gasteiger charge is 2.25. The quantitative estimate of drug-likeness (QED) is 0.440. The Hall–Kier alpha value is -3.04. The number of carbonyl (C=O) groups is 2. The average Bonchev–Trinajstić information content (AvgIpc) is 3.22. The van der Waals surface area contributed by atoms with Crippen LogP contribution in [0.5, 0.6) is 0 Å². The van der Waals surface area contributed by atoms with Crippen molar-refractivity contribution in [3.05, 3.63) is 68.0 Å². The van der Waals surface area contributed by atoms with Gasteiger partial charge in [0.1, 0.15) is 5.70 Å². The van der Waals surface area contributed by atoms with Gasteiger partial charge in [0.05, 0.1) is 43.0 Å². The highest BCUT2D eigenvalue weighted by Crippen LogP contribution is 2.17. The van der Waals surface area contributed by atoms with Gasteiger partial charge in [-0.05, 0) is 23.1 Å². The summed E-state index contributed by atoms with van der Waals surface area (Å²) in [6, 6.07) is 9.40. The first-order valence-electron chi connectivity index (χ1n) is 8.85. The number of benzene rings is 1. The molecule has 2 amide bonds. The minimum absolute atomic E-state index is 0.0756. The lowest BCUT2D eigenvalue weighted by molar-refractivity contribution is -0.883. The first kappa shape index (κ1) is 19.7. The molecule has 1 saturated heterocycles. The highest BCUT2D eigenvalue weighted by molar-refractivity contribution is 7.12. The monoisotopic (exact) mass is 401 g/mol. The normalized spacial score (nSPS) is 15.3. The zero-order valence-corrected chi connectivity index (χ0v) is 16.2. The molecule has 0 bridgehead atoms. The minimum atomic E-state index is -0.494. The SMILES string of the molecule is C[NH+]1CCN(C(=O)/C(=C/c2cccc([N+](=O)[O-])c2)NC(=O)c2cccs2)CC1. The number of piperazine rings is 1. The van der Waals surface area contributed by atoms with Gasteiger partial charge in [0, 0.05) is 12.1 Å². The summed E-state index contributed by atoms with van der Waals surface area (Å²) in [5.41, 5.74) is 0.510.